The zero-order chi connectivity index (χ0) is 23.2. The van der Waals surface area contributed by atoms with Gasteiger partial charge in [0, 0.05) is 61.7 Å². The average Bonchev–Trinajstić information content (AvgIpc) is 3.09. The van der Waals surface area contributed by atoms with Crippen molar-refractivity contribution in [2.45, 2.75) is 25.7 Å². The Balaban J connectivity index is 1.36. The Labute approximate surface area is 187 Å². The second-order valence-electron chi connectivity index (χ2n) is 8.02. The summed E-state index contributed by atoms with van der Waals surface area (Å²) in [6, 6.07) is 11.2. The van der Waals surface area contributed by atoms with Crippen molar-refractivity contribution in [3.8, 4) is 11.4 Å². The minimum Gasteiger partial charge on any atom is -0.489 e. The van der Waals surface area contributed by atoms with Crippen molar-refractivity contribution in [3.63, 3.8) is 0 Å². The number of fused-ring (bicyclic) bond motifs is 3. The minimum absolute atomic E-state index is 0.00346. The molecular weight excluding hydrogens is 433 g/mol. The topological polar surface area (TPSA) is 61.1 Å². The predicted octanol–water partition coefficient (Wildman–Crippen LogP) is 3.97. The summed E-state index contributed by atoms with van der Waals surface area (Å²) < 4.78 is 47.2. The van der Waals surface area contributed by atoms with E-state index in [9.17, 15) is 18.0 Å². The number of pyridine rings is 2. The third kappa shape index (κ3) is 4.00. The first-order chi connectivity index (χ1) is 15.8. The Hall–Kier alpha value is -3.59. The number of ether oxygens (including phenoxy) is 1. The standard InChI is InChI=1S/C24H21F3N4O2/c1-30-20-6-8-28-13-19(20)18-4-3-16(10-21(18)30)31-9-7-17(11-23(31)32)33-14-15-2-5-22(29-12-15)24(25,26)27/h2-5,7,9-12,28H,6,8,13-14H2,1H3. The van der Waals surface area contributed by atoms with Crippen LogP contribution in [0.2, 0.25) is 0 Å². The monoisotopic (exact) mass is 454 g/mol. The summed E-state index contributed by atoms with van der Waals surface area (Å²) in [6.45, 7) is 1.80. The van der Waals surface area contributed by atoms with Crippen molar-refractivity contribution in [1.29, 1.82) is 0 Å². The normalized spacial score (nSPS) is 13.8. The summed E-state index contributed by atoms with van der Waals surface area (Å²) in [5.41, 5.74) is 3.69. The Morgan fingerprint density at radius 3 is 2.73 bits per heavy atom. The molecule has 0 aliphatic carbocycles. The number of benzene rings is 1. The Morgan fingerprint density at radius 1 is 1.15 bits per heavy atom. The molecule has 33 heavy (non-hydrogen) atoms. The van der Waals surface area contributed by atoms with E-state index in [1.54, 1.807) is 12.3 Å². The van der Waals surface area contributed by atoms with Crippen molar-refractivity contribution in [2.75, 3.05) is 6.54 Å². The van der Waals surface area contributed by atoms with Crippen LogP contribution in [0.5, 0.6) is 5.75 Å². The molecule has 0 amide bonds. The van der Waals surface area contributed by atoms with E-state index in [0.29, 0.717) is 11.3 Å². The molecule has 1 aliphatic rings. The highest BCUT2D eigenvalue weighted by molar-refractivity contribution is 5.87. The van der Waals surface area contributed by atoms with Gasteiger partial charge in [0.05, 0.1) is 11.2 Å². The summed E-state index contributed by atoms with van der Waals surface area (Å²) in [5.74, 6) is 0.331. The Kier molecular flexibility index (Phi) is 5.20. The van der Waals surface area contributed by atoms with Gasteiger partial charge in [-0.25, -0.2) is 0 Å². The van der Waals surface area contributed by atoms with E-state index in [0.717, 1.165) is 43.0 Å². The summed E-state index contributed by atoms with van der Waals surface area (Å²) >= 11 is 0. The summed E-state index contributed by atoms with van der Waals surface area (Å²) in [6.07, 6.45) is -0.763. The first kappa shape index (κ1) is 21.3. The minimum atomic E-state index is -4.48. The van der Waals surface area contributed by atoms with Crippen molar-refractivity contribution >= 4 is 10.9 Å². The Bertz CT molecular complexity index is 1390. The molecule has 0 bridgehead atoms. The van der Waals surface area contributed by atoms with E-state index in [2.05, 4.69) is 14.9 Å². The number of alkyl halides is 3. The van der Waals surface area contributed by atoms with E-state index in [1.165, 1.54) is 33.3 Å². The number of hydrogen-bond acceptors (Lipinski definition) is 4. The van der Waals surface area contributed by atoms with Crippen LogP contribution >= 0.6 is 0 Å². The molecule has 5 rings (SSSR count). The fourth-order valence-electron chi connectivity index (χ4n) is 4.25. The summed E-state index contributed by atoms with van der Waals surface area (Å²) in [7, 11) is 2.05. The van der Waals surface area contributed by atoms with Crippen LogP contribution in [0.4, 0.5) is 13.2 Å². The number of nitrogens with one attached hydrogen (secondary N) is 1. The van der Waals surface area contributed by atoms with Crippen LogP contribution < -0.4 is 15.6 Å². The third-order valence-electron chi connectivity index (χ3n) is 5.95. The molecule has 6 nitrogen and oxygen atoms in total. The van der Waals surface area contributed by atoms with Gasteiger partial charge in [0.1, 0.15) is 18.1 Å². The van der Waals surface area contributed by atoms with Gasteiger partial charge in [-0.05, 0) is 29.8 Å². The number of hydrogen-bond donors (Lipinski definition) is 1. The molecule has 1 N–H and O–H groups in total. The van der Waals surface area contributed by atoms with E-state index in [1.807, 2.05) is 25.2 Å². The SMILES string of the molecule is Cn1c2c(c3ccc(-n4ccc(OCc5ccc(C(F)(F)F)nc5)cc4=O)cc31)CNCC2. The highest BCUT2D eigenvalue weighted by Crippen LogP contribution is 2.29. The van der Waals surface area contributed by atoms with E-state index in [-0.39, 0.29) is 12.2 Å². The molecule has 1 aromatic carbocycles. The largest absolute Gasteiger partial charge is 0.489 e. The van der Waals surface area contributed by atoms with E-state index < -0.39 is 11.9 Å². The molecule has 0 saturated carbocycles. The quantitative estimate of drug-likeness (QED) is 0.507. The van der Waals surface area contributed by atoms with Gasteiger partial charge >= 0.3 is 6.18 Å². The highest BCUT2D eigenvalue weighted by Gasteiger charge is 2.32. The van der Waals surface area contributed by atoms with Gasteiger partial charge in [-0.2, -0.15) is 13.2 Å². The van der Waals surface area contributed by atoms with Crippen LogP contribution in [0.15, 0.2) is 59.7 Å². The molecule has 0 unspecified atom stereocenters. The molecule has 4 heterocycles. The van der Waals surface area contributed by atoms with Gasteiger partial charge in [-0.15, -0.1) is 0 Å². The van der Waals surface area contributed by atoms with Gasteiger partial charge in [-0.1, -0.05) is 12.1 Å². The van der Waals surface area contributed by atoms with Crippen molar-refractivity contribution < 1.29 is 17.9 Å². The maximum atomic E-state index is 12.8. The predicted molar refractivity (Wildman–Crippen MR) is 117 cm³/mol. The summed E-state index contributed by atoms with van der Waals surface area (Å²) in [4.78, 5) is 16.2. The molecule has 0 radical (unpaired) electrons. The second-order valence-corrected chi connectivity index (χ2v) is 8.02. The molecule has 1 aliphatic heterocycles. The van der Waals surface area contributed by atoms with Crippen molar-refractivity contribution in [1.82, 2.24) is 19.4 Å². The number of rotatable bonds is 4. The van der Waals surface area contributed by atoms with Gasteiger partial charge < -0.3 is 14.6 Å². The van der Waals surface area contributed by atoms with Gasteiger partial charge in [0.25, 0.3) is 5.56 Å². The number of aromatic nitrogens is 3. The lowest BCUT2D eigenvalue weighted by Crippen LogP contribution is -2.24. The van der Waals surface area contributed by atoms with Crippen LogP contribution in [0.1, 0.15) is 22.5 Å². The van der Waals surface area contributed by atoms with Crippen molar-refractivity contribution in [2.24, 2.45) is 7.05 Å². The highest BCUT2D eigenvalue weighted by atomic mass is 19.4. The fraction of sp³-hybridized carbons (Fsp3) is 0.250. The average molecular weight is 454 g/mol. The second kappa shape index (κ2) is 8.08. The molecule has 0 fully saturated rings. The zero-order valence-corrected chi connectivity index (χ0v) is 17.8. The van der Waals surface area contributed by atoms with Crippen LogP contribution in [0, 0.1) is 0 Å². The van der Waals surface area contributed by atoms with Crippen LogP contribution in [0.25, 0.3) is 16.6 Å². The molecule has 170 valence electrons. The van der Waals surface area contributed by atoms with Gasteiger partial charge in [0.15, 0.2) is 0 Å². The maximum Gasteiger partial charge on any atom is 0.433 e. The van der Waals surface area contributed by atoms with Crippen LogP contribution in [-0.4, -0.2) is 20.7 Å². The van der Waals surface area contributed by atoms with E-state index >= 15 is 0 Å². The van der Waals surface area contributed by atoms with Gasteiger partial charge in [0.2, 0.25) is 0 Å². The maximum absolute atomic E-state index is 12.8. The molecular formula is C24H21F3N4O2. The fourth-order valence-corrected chi connectivity index (χ4v) is 4.25. The lowest BCUT2D eigenvalue weighted by atomic mass is 10.1. The number of nitrogens with zero attached hydrogens (tertiary/aromatic N) is 3. The first-order valence-corrected chi connectivity index (χ1v) is 10.5. The zero-order valence-electron chi connectivity index (χ0n) is 17.8. The number of halogens is 3. The molecule has 9 heteroatoms. The first-order valence-electron chi connectivity index (χ1n) is 10.5. The lowest BCUT2D eigenvalue weighted by molar-refractivity contribution is -0.141. The molecule has 0 spiro atoms. The lowest BCUT2D eigenvalue weighted by Gasteiger charge is -2.14. The number of aryl methyl sites for hydroxylation is 1. The Morgan fingerprint density at radius 2 is 2.00 bits per heavy atom. The summed E-state index contributed by atoms with van der Waals surface area (Å²) in [5, 5.41) is 4.59. The molecule has 0 atom stereocenters. The van der Waals surface area contributed by atoms with Crippen LogP contribution in [-0.2, 0) is 32.8 Å². The smallest absolute Gasteiger partial charge is 0.433 e. The van der Waals surface area contributed by atoms with E-state index in [4.69, 9.17) is 4.74 Å². The molecule has 3 aromatic heterocycles. The molecule has 0 saturated heterocycles. The van der Waals surface area contributed by atoms with Crippen LogP contribution in [0.3, 0.4) is 0 Å². The third-order valence-corrected chi connectivity index (χ3v) is 5.95. The van der Waals surface area contributed by atoms with Gasteiger partial charge in [-0.3, -0.25) is 14.3 Å². The molecule has 4 aromatic rings. The van der Waals surface area contributed by atoms with Crippen molar-refractivity contribution in [3.05, 3.63) is 87.7 Å².